The van der Waals surface area contributed by atoms with Crippen LogP contribution in [0.2, 0.25) is 0 Å². The maximum Gasteiger partial charge on any atom is 0.173 e. The van der Waals surface area contributed by atoms with Gasteiger partial charge < -0.3 is 19.5 Å². The van der Waals surface area contributed by atoms with Crippen LogP contribution < -0.4 is 10.1 Å². The van der Waals surface area contributed by atoms with E-state index in [1.54, 1.807) is 7.11 Å². The zero-order valence-electron chi connectivity index (χ0n) is 20.4. The largest absolute Gasteiger partial charge is 0.497 e. The number of thiocarbonyl (C=S) groups is 1. The van der Waals surface area contributed by atoms with E-state index in [0.29, 0.717) is 30.3 Å². The minimum Gasteiger partial charge on any atom is -0.497 e. The van der Waals surface area contributed by atoms with Crippen LogP contribution in [0.15, 0.2) is 79.3 Å². The van der Waals surface area contributed by atoms with Crippen molar-refractivity contribution in [2.24, 2.45) is 0 Å². The number of anilines is 1. The van der Waals surface area contributed by atoms with Crippen molar-refractivity contribution in [2.45, 2.75) is 26.4 Å². The molecule has 0 spiro atoms. The number of nitrogens with zero attached hydrogens (tertiary/aromatic N) is 5. The molecule has 4 rings (SSSR count). The number of methoxy groups -OCH3 is 1. The van der Waals surface area contributed by atoms with Crippen LogP contribution in [0, 0.1) is 18.3 Å². The molecule has 182 valence electrons. The summed E-state index contributed by atoms with van der Waals surface area (Å²) in [6, 6.07) is 23.5. The fourth-order valence-corrected chi connectivity index (χ4v) is 4.12. The third-order valence-corrected chi connectivity index (χ3v) is 6.16. The molecule has 0 unspecified atom stereocenters. The van der Waals surface area contributed by atoms with Crippen molar-refractivity contribution in [2.75, 3.05) is 19.0 Å². The van der Waals surface area contributed by atoms with Gasteiger partial charge in [-0.25, -0.2) is 4.98 Å². The Balaban J connectivity index is 1.47. The van der Waals surface area contributed by atoms with Gasteiger partial charge in [-0.05, 0) is 73.2 Å². The molecule has 0 fully saturated rings. The molecule has 4 aromatic rings. The van der Waals surface area contributed by atoms with E-state index >= 15 is 0 Å². The minimum atomic E-state index is 0.591. The van der Waals surface area contributed by atoms with Gasteiger partial charge >= 0.3 is 0 Å². The zero-order valence-corrected chi connectivity index (χ0v) is 21.2. The second-order valence-electron chi connectivity index (χ2n) is 8.42. The molecule has 2 aromatic heterocycles. The molecule has 0 aliphatic carbocycles. The number of pyridine rings is 1. The van der Waals surface area contributed by atoms with Gasteiger partial charge in [0.05, 0.1) is 37.3 Å². The highest BCUT2D eigenvalue weighted by Gasteiger charge is 2.14. The second-order valence-corrected chi connectivity index (χ2v) is 8.81. The van der Waals surface area contributed by atoms with E-state index in [2.05, 4.69) is 30.8 Å². The van der Waals surface area contributed by atoms with Gasteiger partial charge in [0.2, 0.25) is 0 Å². The molecule has 8 heteroatoms. The lowest BCUT2D eigenvalue weighted by molar-refractivity contribution is 0.412. The van der Waals surface area contributed by atoms with Crippen molar-refractivity contribution in [3.63, 3.8) is 0 Å². The second kappa shape index (κ2) is 12.0. The first-order valence-corrected chi connectivity index (χ1v) is 12.1. The Hall–Kier alpha value is -4.22. The number of ether oxygens (including phenoxy) is 1. The molecule has 0 saturated carbocycles. The highest BCUT2D eigenvalue weighted by atomic mass is 32.1. The van der Waals surface area contributed by atoms with Crippen LogP contribution in [0.5, 0.6) is 5.75 Å². The Bertz CT molecular complexity index is 1340. The van der Waals surface area contributed by atoms with E-state index in [4.69, 9.17) is 22.2 Å². The molecule has 0 atom stereocenters. The Morgan fingerprint density at radius 3 is 2.58 bits per heavy atom. The molecule has 0 aliphatic heterocycles. The molecule has 0 aliphatic rings. The van der Waals surface area contributed by atoms with Crippen LogP contribution in [-0.2, 0) is 19.5 Å². The average molecular weight is 497 g/mol. The third kappa shape index (κ3) is 6.68. The monoisotopic (exact) mass is 496 g/mol. The molecule has 36 heavy (non-hydrogen) atoms. The number of benzene rings is 2. The molecule has 0 amide bonds. The lowest BCUT2D eigenvalue weighted by atomic mass is 10.1. The predicted molar refractivity (Wildman–Crippen MR) is 145 cm³/mol. The quantitative estimate of drug-likeness (QED) is 0.328. The molecule has 7 nitrogen and oxygen atoms in total. The smallest absolute Gasteiger partial charge is 0.173 e. The summed E-state index contributed by atoms with van der Waals surface area (Å²) in [7, 11) is 1.65. The van der Waals surface area contributed by atoms with Gasteiger partial charge in [-0.2, -0.15) is 5.26 Å². The summed E-state index contributed by atoms with van der Waals surface area (Å²) in [5.74, 6) is 0.794. The average Bonchev–Trinajstić information content (AvgIpc) is 3.34. The lowest BCUT2D eigenvalue weighted by Crippen LogP contribution is -2.36. The first kappa shape index (κ1) is 24.9. The van der Waals surface area contributed by atoms with Crippen molar-refractivity contribution >= 4 is 23.0 Å². The van der Waals surface area contributed by atoms with Gasteiger partial charge in [-0.15, -0.1) is 0 Å². The van der Waals surface area contributed by atoms with Gasteiger partial charge in [-0.3, -0.25) is 4.98 Å². The van der Waals surface area contributed by atoms with Gasteiger partial charge in [-0.1, -0.05) is 18.2 Å². The van der Waals surface area contributed by atoms with Crippen molar-refractivity contribution in [3.8, 4) is 11.8 Å². The van der Waals surface area contributed by atoms with E-state index in [1.165, 1.54) is 0 Å². The van der Waals surface area contributed by atoms with Gasteiger partial charge in [0.25, 0.3) is 0 Å². The van der Waals surface area contributed by atoms with Crippen LogP contribution in [-0.4, -0.2) is 38.2 Å². The number of aryl methyl sites for hydroxylation is 1. The predicted octanol–water partition coefficient (Wildman–Crippen LogP) is 4.96. The van der Waals surface area contributed by atoms with Crippen molar-refractivity contribution < 1.29 is 4.74 Å². The summed E-state index contributed by atoms with van der Waals surface area (Å²) in [6.45, 7) is 3.96. The normalized spacial score (nSPS) is 10.5. The zero-order chi connectivity index (χ0) is 25.3. The van der Waals surface area contributed by atoms with Crippen LogP contribution >= 0.6 is 12.2 Å². The maximum atomic E-state index is 9.04. The summed E-state index contributed by atoms with van der Waals surface area (Å²) in [6.07, 6.45) is 4.49. The Morgan fingerprint density at radius 1 is 1.11 bits per heavy atom. The van der Waals surface area contributed by atoms with Crippen molar-refractivity contribution in [1.82, 2.24) is 19.4 Å². The molecular formula is C28H28N6OS. The first-order valence-electron chi connectivity index (χ1n) is 11.6. The van der Waals surface area contributed by atoms with Gasteiger partial charge in [0.15, 0.2) is 5.11 Å². The molecule has 0 radical (unpaired) electrons. The number of hydrogen-bond acceptors (Lipinski definition) is 5. The van der Waals surface area contributed by atoms with Crippen molar-refractivity contribution in [1.29, 1.82) is 5.26 Å². The molecule has 0 bridgehead atoms. The number of nitriles is 1. The van der Waals surface area contributed by atoms with E-state index in [1.807, 2.05) is 86.2 Å². The van der Waals surface area contributed by atoms with E-state index in [0.717, 1.165) is 40.5 Å². The Morgan fingerprint density at radius 2 is 1.89 bits per heavy atom. The molecule has 1 N–H and O–H groups in total. The fraction of sp³-hybridized carbons (Fsp3) is 0.214. The number of rotatable bonds is 9. The van der Waals surface area contributed by atoms with E-state index in [9.17, 15) is 0 Å². The standard InChI is InChI=1S/C28H28N6OS/c1-21-4-3-5-25(31-21)19-33(28(36)32-24-10-12-27(35-2)13-11-24)15-14-26-17-30-20-34(26)18-23-8-6-22(16-29)7-9-23/h3-13,17,20H,14-15,18-19H2,1-2H3,(H,32,36). The SMILES string of the molecule is COc1ccc(NC(=S)N(CCc2cncn2Cc2ccc(C#N)cc2)Cc2cccc(C)n2)cc1. The highest BCUT2D eigenvalue weighted by Crippen LogP contribution is 2.17. The Labute approximate surface area is 217 Å². The fourth-order valence-electron chi connectivity index (χ4n) is 3.84. The highest BCUT2D eigenvalue weighted by molar-refractivity contribution is 7.80. The number of nitrogens with one attached hydrogen (secondary N) is 1. The van der Waals surface area contributed by atoms with Gasteiger partial charge in [0, 0.05) is 42.8 Å². The summed E-state index contributed by atoms with van der Waals surface area (Å²) < 4.78 is 7.38. The third-order valence-electron chi connectivity index (χ3n) is 5.80. The Kier molecular flexibility index (Phi) is 8.27. The minimum absolute atomic E-state index is 0.591. The number of imidazole rings is 1. The molecule has 0 saturated heterocycles. The lowest BCUT2D eigenvalue weighted by Gasteiger charge is -2.26. The van der Waals surface area contributed by atoms with Crippen LogP contribution in [0.25, 0.3) is 0 Å². The number of aromatic nitrogens is 3. The van der Waals surface area contributed by atoms with Crippen LogP contribution in [0.1, 0.15) is 28.2 Å². The summed E-state index contributed by atoms with van der Waals surface area (Å²) >= 11 is 5.81. The van der Waals surface area contributed by atoms with Crippen LogP contribution in [0.3, 0.4) is 0 Å². The summed E-state index contributed by atoms with van der Waals surface area (Å²) in [5.41, 5.74) is 5.71. The summed E-state index contributed by atoms with van der Waals surface area (Å²) in [5, 5.41) is 13.0. The maximum absolute atomic E-state index is 9.04. The first-order chi connectivity index (χ1) is 17.5. The molecule has 2 heterocycles. The topological polar surface area (TPSA) is 79.0 Å². The summed E-state index contributed by atoms with van der Waals surface area (Å²) in [4.78, 5) is 11.2. The van der Waals surface area contributed by atoms with Crippen LogP contribution in [0.4, 0.5) is 5.69 Å². The van der Waals surface area contributed by atoms with E-state index in [-0.39, 0.29) is 0 Å². The number of hydrogen-bond donors (Lipinski definition) is 1. The van der Waals surface area contributed by atoms with E-state index < -0.39 is 0 Å². The van der Waals surface area contributed by atoms with Crippen molar-refractivity contribution in [3.05, 3.63) is 107 Å². The molecular weight excluding hydrogens is 468 g/mol. The molecule has 2 aromatic carbocycles. The van der Waals surface area contributed by atoms with Gasteiger partial charge in [0.1, 0.15) is 5.75 Å².